The minimum atomic E-state index is -0.445. The van der Waals surface area contributed by atoms with Crippen molar-refractivity contribution in [3.8, 4) is 11.5 Å². The minimum absolute atomic E-state index is 0.104. The molecule has 2 aromatic carbocycles. The molecule has 0 radical (unpaired) electrons. The first kappa shape index (κ1) is 16.9. The van der Waals surface area contributed by atoms with Crippen LogP contribution in [-0.2, 0) is 4.74 Å². The Labute approximate surface area is 149 Å². The van der Waals surface area contributed by atoms with Gasteiger partial charge >= 0.3 is 0 Å². The van der Waals surface area contributed by atoms with E-state index in [4.69, 9.17) is 27.9 Å². The van der Waals surface area contributed by atoms with E-state index in [-0.39, 0.29) is 29.7 Å². The summed E-state index contributed by atoms with van der Waals surface area (Å²) in [5.74, 6) is -0.950. The second-order valence-corrected chi connectivity index (χ2v) is 6.27. The van der Waals surface area contributed by atoms with Crippen molar-refractivity contribution >= 4 is 29.1 Å². The van der Waals surface area contributed by atoms with Gasteiger partial charge < -0.3 is 19.8 Å². The van der Waals surface area contributed by atoms with Crippen molar-refractivity contribution in [2.45, 2.75) is 6.10 Å². The summed E-state index contributed by atoms with van der Waals surface area (Å²) in [6.07, 6.45) is -0.356. The van der Waals surface area contributed by atoms with Crippen molar-refractivity contribution in [1.82, 2.24) is 4.90 Å². The highest BCUT2D eigenvalue weighted by molar-refractivity contribution is 6.42. The molecule has 1 fully saturated rings. The molecule has 0 bridgehead atoms. The zero-order valence-electron chi connectivity index (χ0n) is 12.6. The maximum absolute atomic E-state index is 12.6. The molecule has 1 heterocycles. The number of carbonyl (C=O) groups is 1. The average molecular weight is 368 g/mol. The summed E-state index contributed by atoms with van der Waals surface area (Å²) < 4.78 is 5.72. The van der Waals surface area contributed by atoms with E-state index in [1.54, 1.807) is 18.2 Å². The lowest BCUT2D eigenvalue weighted by Crippen LogP contribution is -2.42. The Morgan fingerprint density at radius 1 is 1.12 bits per heavy atom. The first-order valence-electron chi connectivity index (χ1n) is 7.34. The van der Waals surface area contributed by atoms with Gasteiger partial charge in [0.1, 0.15) is 23.2 Å². The van der Waals surface area contributed by atoms with Gasteiger partial charge in [-0.2, -0.15) is 0 Å². The van der Waals surface area contributed by atoms with Crippen LogP contribution in [0.4, 0.5) is 0 Å². The lowest BCUT2D eigenvalue weighted by molar-refractivity contribution is -0.0229. The summed E-state index contributed by atoms with van der Waals surface area (Å²) >= 11 is 12.0. The van der Waals surface area contributed by atoms with Crippen LogP contribution in [0, 0.1) is 0 Å². The number of rotatable bonds is 2. The number of benzene rings is 2. The number of hydrogen-bond donors (Lipinski definition) is 2. The third kappa shape index (κ3) is 3.29. The zero-order valence-corrected chi connectivity index (χ0v) is 14.1. The van der Waals surface area contributed by atoms with Crippen molar-refractivity contribution in [3.63, 3.8) is 0 Å². The van der Waals surface area contributed by atoms with Gasteiger partial charge in [0, 0.05) is 6.54 Å². The Kier molecular flexibility index (Phi) is 4.85. The molecular formula is C17H15Cl2NO4. The minimum Gasteiger partial charge on any atom is -0.507 e. The smallest absolute Gasteiger partial charge is 0.261 e. The van der Waals surface area contributed by atoms with E-state index in [9.17, 15) is 15.0 Å². The molecule has 1 unspecified atom stereocenters. The van der Waals surface area contributed by atoms with E-state index in [1.807, 2.05) is 0 Å². The quantitative estimate of drug-likeness (QED) is 0.850. The van der Waals surface area contributed by atoms with Gasteiger partial charge in [0.2, 0.25) is 0 Å². The number of amides is 1. The van der Waals surface area contributed by atoms with Gasteiger partial charge in [-0.15, -0.1) is 0 Å². The summed E-state index contributed by atoms with van der Waals surface area (Å²) in [6.45, 7) is 0.986. The maximum Gasteiger partial charge on any atom is 0.261 e. The molecule has 0 aliphatic carbocycles. The van der Waals surface area contributed by atoms with Gasteiger partial charge in [-0.05, 0) is 29.8 Å². The first-order valence-corrected chi connectivity index (χ1v) is 8.09. The number of phenols is 2. The van der Waals surface area contributed by atoms with Crippen LogP contribution in [0.3, 0.4) is 0 Å². The SMILES string of the molecule is O=C(c1c(O)cccc1O)N1CCOC(c2ccc(Cl)c(Cl)c2)C1. The lowest BCUT2D eigenvalue weighted by Gasteiger charge is -2.33. The number of phenolic OH excluding ortho intramolecular Hbond substituents is 2. The van der Waals surface area contributed by atoms with Gasteiger partial charge in [-0.25, -0.2) is 0 Å². The van der Waals surface area contributed by atoms with Crippen LogP contribution >= 0.6 is 23.2 Å². The molecule has 24 heavy (non-hydrogen) atoms. The molecule has 0 aromatic heterocycles. The van der Waals surface area contributed by atoms with Crippen LogP contribution in [0.5, 0.6) is 11.5 Å². The van der Waals surface area contributed by atoms with E-state index >= 15 is 0 Å². The van der Waals surface area contributed by atoms with Crippen LogP contribution in [-0.4, -0.2) is 40.7 Å². The van der Waals surface area contributed by atoms with Gasteiger partial charge in [-0.1, -0.05) is 35.3 Å². The average Bonchev–Trinajstić information content (AvgIpc) is 2.57. The molecule has 1 aliphatic heterocycles. The fourth-order valence-electron chi connectivity index (χ4n) is 2.65. The van der Waals surface area contributed by atoms with Gasteiger partial charge in [-0.3, -0.25) is 4.79 Å². The second-order valence-electron chi connectivity index (χ2n) is 5.46. The highest BCUT2D eigenvalue weighted by Crippen LogP contribution is 2.32. The first-order chi connectivity index (χ1) is 11.5. The molecule has 1 amide bonds. The number of aromatic hydroxyl groups is 2. The van der Waals surface area contributed by atoms with E-state index in [1.165, 1.54) is 23.1 Å². The van der Waals surface area contributed by atoms with Crippen LogP contribution in [0.1, 0.15) is 22.0 Å². The predicted molar refractivity (Wildman–Crippen MR) is 90.8 cm³/mol. The molecule has 2 N–H and O–H groups in total. The Morgan fingerprint density at radius 2 is 1.83 bits per heavy atom. The number of ether oxygens (including phenoxy) is 1. The molecule has 1 aliphatic rings. The van der Waals surface area contributed by atoms with E-state index in [0.29, 0.717) is 23.2 Å². The van der Waals surface area contributed by atoms with E-state index < -0.39 is 5.91 Å². The topological polar surface area (TPSA) is 70.0 Å². The second kappa shape index (κ2) is 6.89. The molecule has 7 heteroatoms. The normalized spacial score (nSPS) is 17.8. The Balaban J connectivity index is 1.83. The van der Waals surface area contributed by atoms with Crippen LogP contribution in [0.2, 0.25) is 10.0 Å². The van der Waals surface area contributed by atoms with Gasteiger partial charge in [0.25, 0.3) is 5.91 Å². The monoisotopic (exact) mass is 367 g/mol. The van der Waals surface area contributed by atoms with Crippen LogP contribution < -0.4 is 0 Å². The number of hydrogen-bond acceptors (Lipinski definition) is 4. The highest BCUT2D eigenvalue weighted by atomic mass is 35.5. The zero-order chi connectivity index (χ0) is 17.3. The molecule has 2 aromatic rings. The van der Waals surface area contributed by atoms with Crippen molar-refractivity contribution in [1.29, 1.82) is 0 Å². The maximum atomic E-state index is 12.6. The summed E-state index contributed by atoms with van der Waals surface area (Å²) in [7, 11) is 0. The molecule has 1 atom stereocenters. The molecule has 0 saturated carbocycles. The summed E-state index contributed by atoms with van der Waals surface area (Å²) in [4.78, 5) is 14.2. The van der Waals surface area contributed by atoms with Crippen LogP contribution in [0.25, 0.3) is 0 Å². The number of morpholine rings is 1. The largest absolute Gasteiger partial charge is 0.507 e. The molecule has 126 valence electrons. The number of halogens is 2. The molecule has 0 spiro atoms. The third-order valence-electron chi connectivity index (χ3n) is 3.90. The molecule has 3 rings (SSSR count). The van der Waals surface area contributed by atoms with Crippen LogP contribution in [0.15, 0.2) is 36.4 Å². The summed E-state index contributed by atoms with van der Waals surface area (Å²) in [5.41, 5.74) is 0.704. The van der Waals surface area contributed by atoms with Crippen molar-refractivity contribution in [2.75, 3.05) is 19.7 Å². The molecular weight excluding hydrogens is 353 g/mol. The van der Waals surface area contributed by atoms with Crippen molar-refractivity contribution in [3.05, 3.63) is 57.6 Å². The highest BCUT2D eigenvalue weighted by Gasteiger charge is 2.29. The number of nitrogens with zero attached hydrogens (tertiary/aromatic N) is 1. The van der Waals surface area contributed by atoms with E-state index in [2.05, 4.69) is 0 Å². The van der Waals surface area contributed by atoms with Crippen molar-refractivity contribution in [2.24, 2.45) is 0 Å². The lowest BCUT2D eigenvalue weighted by atomic mass is 10.1. The Bertz CT molecular complexity index is 761. The standard InChI is InChI=1S/C17H15Cl2NO4/c18-11-5-4-10(8-12(11)19)15-9-20(6-7-24-15)17(23)16-13(21)2-1-3-14(16)22/h1-5,8,15,21-22H,6-7,9H2. The molecule has 5 nitrogen and oxygen atoms in total. The van der Waals surface area contributed by atoms with Gasteiger partial charge in [0.15, 0.2) is 0 Å². The fourth-order valence-corrected chi connectivity index (χ4v) is 2.96. The van der Waals surface area contributed by atoms with Crippen molar-refractivity contribution < 1.29 is 19.7 Å². The Hall–Kier alpha value is -1.95. The fraction of sp³-hybridized carbons (Fsp3) is 0.235. The Morgan fingerprint density at radius 3 is 2.50 bits per heavy atom. The third-order valence-corrected chi connectivity index (χ3v) is 4.64. The summed E-state index contributed by atoms with van der Waals surface area (Å²) in [5, 5.41) is 20.6. The van der Waals surface area contributed by atoms with E-state index in [0.717, 1.165) is 5.56 Å². The predicted octanol–water partition coefficient (Wildman–Crippen LogP) is 3.62. The van der Waals surface area contributed by atoms with Gasteiger partial charge in [0.05, 0.1) is 23.2 Å². The number of carbonyl (C=O) groups excluding carboxylic acids is 1. The summed E-state index contributed by atoms with van der Waals surface area (Å²) in [6, 6.07) is 9.38. The molecule has 1 saturated heterocycles.